The normalized spacial score (nSPS) is 10.7. The Morgan fingerprint density at radius 3 is 2.12 bits per heavy atom. The number of carbonyl (C=O) groups excluding carboxylic acids is 1. The van der Waals surface area contributed by atoms with Crippen molar-refractivity contribution in [2.75, 3.05) is 0 Å². The van der Waals surface area contributed by atoms with E-state index >= 15 is 0 Å². The van der Waals surface area contributed by atoms with Crippen molar-refractivity contribution >= 4 is 17.3 Å². The van der Waals surface area contributed by atoms with Crippen LogP contribution in [0.4, 0.5) is 11.4 Å². The Morgan fingerprint density at radius 2 is 1.58 bits per heavy atom. The van der Waals surface area contributed by atoms with Crippen molar-refractivity contribution in [3.05, 3.63) is 66.7 Å². The van der Waals surface area contributed by atoms with Gasteiger partial charge in [-0.1, -0.05) is 38.5 Å². The number of azo groups is 1. The van der Waals surface area contributed by atoms with Crippen LogP contribution in [0.1, 0.15) is 31.7 Å². The molecule has 4 heteroatoms. The number of nitrogens with zero attached hydrogens (tertiary/aromatic N) is 2. The molecule has 0 saturated heterocycles. The van der Waals surface area contributed by atoms with Gasteiger partial charge >= 0.3 is 5.97 Å². The summed E-state index contributed by atoms with van der Waals surface area (Å²) < 4.78 is 5.01. The molecule has 2 aromatic carbocycles. The number of benzene rings is 2. The maximum atomic E-state index is 11.1. The largest absolute Gasteiger partial charge is 0.423 e. The van der Waals surface area contributed by atoms with Gasteiger partial charge in [0.2, 0.25) is 0 Å². The standard InChI is InChI=1S/C20H22N2O2/c1-3-5-6-7-16-8-10-17(11-9-16)21-22-18-12-14-19(15-13-18)24-20(23)4-2/h4,8-15H,2-3,5-7H2,1H3. The van der Waals surface area contributed by atoms with Crippen LogP contribution >= 0.6 is 0 Å². The average molecular weight is 322 g/mol. The van der Waals surface area contributed by atoms with Gasteiger partial charge in [0.05, 0.1) is 11.4 Å². The lowest BCUT2D eigenvalue weighted by molar-refractivity contribution is -0.128. The van der Waals surface area contributed by atoms with Gasteiger partial charge in [0.15, 0.2) is 0 Å². The fourth-order valence-electron chi connectivity index (χ4n) is 2.16. The van der Waals surface area contributed by atoms with Crippen molar-refractivity contribution in [2.24, 2.45) is 10.2 Å². The molecule has 2 rings (SSSR count). The van der Waals surface area contributed by atoms with Crippen LogP contribution in [0.3, 0.4) is 0 Å². The quantitative estimate of drug-likeness (QED) is 0.199. The summed E-state index contributed by atoms with van der Waals surface area (Å²) in [5, 5.41) is 8.41. The molecule has 4 nitrogen and oxygen atoms in total. The Bertz CT molecular complexity index is 689. The van der Waals surface area contributed by atoms with Crippen LogP contribution in [-0.4, -0.2) is 5.97 Å². The average Bonchev–Trinajstić information content (AvgIpc) is 2.62. The zero-order valence-corrected chi connectivity index (χ0v) is 13.9. The summed E-state index contributed by atoms with van der Waals surface area (Å²) in [5.41, 5.74) is 2.84. The molecule has 0 aliphatic heterocycles. The van der Waals surface area contributed by atoms with Crippen molar-refractivity contribution in [1.29, 1.82) is 0 Å². The molecule has 0 amide bonds. The summed E-state index contributed by atoms with van der Waals surface area (Å²) >= 11 is 0. The first-order valence-electron chi connectivity index (χ1n) is 8.16. The number of rotatable bonds is 8. The number of carbonyl (C=O) groups is 1. The van der Waals surface area contributed by atoms with Gasteiger partial charge in [-0.3, -0.25) is 0 Å². The third-order valence-corrected chi connectivity index (χ3v) is 3.51. The summed E-state index contributed by atoms with van der Waals surface area (Å²) in [5.74, 6) is -0.0290. The van der Waals surface area contributed by atoms with Gasteiger partial charge in [-0.15, -0.1) is 0 Å². The van der Waals surface area contributed by atoms with Crippen LogP contribution in [0.25, 0.3) is 0 Å². The van der Waals surface area contributed by atoms with Crippen LogP contribution in [0.5, 0.6) is 5.75 Å². The van der Waals surface area contributed by atoms with E-state index in [1.807, 2.05) is 12.1 Å². The summed E-state index contributed by atoms with van der Waals surface area (Å²) in [4.78, 5) is 11.1. The van der Waals surface area contributed by atoms with E-state index in [2.05, 4.69) is 35.9 Å². The third-order valence-electron chi connectivity index (χ3n) is 3.51. The highest BCUT2D eigenvalue weighted by Crippen LogP contribution is 2.22. The molecule has 0 bridgehead atoms. The second-order valence-electron chi connectivity index (χ2n) is 5.44. The van der Waals surface area contributed by atoms with Crippen LogP contribution in [-0.2, 0) is 11.2 Å². The Morgan fingerprint density at radius 1 is 1.00 bits per heavy atom. The van der Waals surface area contributed by atoms with Crippen LogP contribution in [0.15, 0.2) is 71.4 Å². The van der Waals surface area contributed by atoms with Crippen LogP contribution in [0, 0.1) is 0 Å². The molecule has 0 aromatic heterocycles. The molecule has 0 N–H and O–H groups in total. The number of ether oxygens (including phenoxy) is 1. The molecule has 24 heavy (non-hydrogen) atoms. The molecule has 0 radical (unpaired) electrons. The zero-order chi connectivity index (χ0) is 17.2. The predicted molar refractivity (Wildman–Crippen MR) is 96.1 cm³/mol. The highest BCUT2D eigenvalue weighted by Gasteiger charge is 1.99. The Kier molecular flexibility index (Phi) is 6.90. The number of esters is 1. The minimum Gasteiger partial charge on any atom is -0.423 e. The Hall–Kier alpha value is -2.75. The molecule has 0 atom stereocenters. The van der Waals surface area contributed by atoms with Crippen LogP contribution < -0.4 is 4.74 Å². The summed E-state index contributed by atoms with van der Waals surface area (Å²) in [6.07, 6.45) is 5.95. The van der Waals surface area contributed by atoms with Gasteiger partial charge in [-0.2, -0.15) is 10.2 Å². The second-order valence-corrected chi connectivity index (χ2v) is 5.44. The van der Waals surface area contributed by atoms with Gasteiger partial charge in [-0.25, -0.2) is 4.79 Å². The van der Waals surface area contributed by atoms with Crippen LogP contribution in [0.2, 0.25) is 0 Å². The second kappa shape index (κ2) is 9.40. The van der Waals surface area contributed by atoms with Crippen molar-refractivity contribution < 1.29 is 9.53 Å². The predicted octanol–water partition coefficient (Wildman–Crippen LogP) is 5.93. The smallest absolute Gasteiger partial charge is 0.335 e. The highest BCUT2D eigenvalue weighted by atomic mass is 16.5. The zero-order valence-electron chi connectivity index (χ0n) is 13.9. The van der Waals surface area contributed by atoms with Gasteiger partial charge in [0.25, 0.3) is 0 Å². The molecule has 2 aromatic rings. The van der Waals surface area contributed by atoms with Gasteiger partial charge in [0, 0.05) is 6.08 Å². The maximum Gasteiger partial charge on any atom is 0.335 e. The molecule has 0 heterocycles. The SMILES string of the molecule is C=CC(=O)Oc1ccc(N=Nc2ccc(CCCCC)cc2)cc1. The fourth-order valence-corrected chi connectivity index (χ4v) is 2.16. The monoisotopic (exact) mass is 322 g/mol. The van der Waals surface area contributed by atoms with Crippen molar-refractivity contribution in [3.63, 3.8) is 0 Å². The summed E-state index contributed by atoms with van der Waals surface area (Å²) in [7, 11) is 0. The van der Waals surface area contributed by atoms with E-state index in [0.717, 1.165) is 18.2 Å². The molecule has 124 valence electrons. The molecular formula is C20H22N2O2. The lowest BCUT2D eigenvalue weighted by Gasteiger charge is -2.01. The van der Waals surface area contributed by atoms with E-state index < -0.39 is 5.97 Å². The van der Waals surface area contributed by atoms with E-state index in [-0.39, 0.29) is 0 Å². The lowest BCUT2D eigenvalue weighted by atomic mass is 10.1. The Labute approximate surface area is 142 Å². The van der Waals surface area contributed by atoms with Gasteiger partial charge in [-0.05, 0) is 54.8 Å². The number of hydrogen-bond acceptors (Lipinski definition) is 4. The Balaban J connectivity index is 1.92. The summed E-state index contributed by atoms with van der Waals surface area (Å²) in [6, 6.07) is 15.0. The molecule has 0 aliphatic carbocycles. The summed E-state index contributed by atoms with van der Waals surface area (Å²) in [6.45, 7) is 5.56. The van der Waals surface area contributed by atoms with Crippen molar-refractivity contribution in [2.45, 2.75) is 32.6 Å². The first kappa shape index (κ1) is 17.6. The third kappa shape index (κ3) is 5.80. The molecule has 0 aliphatic rings. The topological polar surface area (TPSA) is 51.0 Å². The molecule has 0 fully saturated rings. The molecular weight excluding hydrogens is 300 g/mol. The fraction of sp³-hybridized carbons (Fsp3) is 0.250. The van der Waals surface area contributed by atoms with E-state index in [1.165, 1.54) is 24.8 Å². The number of unbranched alkanes of at least 4 members (excludes halogenated alkanes) is 2. The van der Waals surface area contributed by atoms with E-state index in [1.54, 1.807) is 24.3 Å². The van der Waals surface area contributed by atoms with Gasteiger partial charge in [0.1, 0.15) is 5.75 Å². The highest BCUT2D eigenvalue weighted by molar-refractivity contribution is 5.83. The van der Waals surface area contributed by atoms with Gasteiger partial charge < -0.3 is 4.74 Å². The molecule has 0 spiro atoms. The van der Waals surface area contributed by atoms with E-state index in [4.69, 9.17) is 4.74 Å². The first-order valence-corrected chi connectivity index (χ1v) is 8.16. The van der Waals surface area contributed by atoms with E-state index in [0.29, 0.717) is 11.4 Å². The lowest BCUT2D eigenvalue weighted by Crippen LogP contribution is -2.02. The van der Waals surface area contributed by atoms with Crippen molar-refractivity contribution in [3.8, 4) is 5.75 Å². The molecule has 0 saturated carbocycles. The minimum atomic E-state index is -0.483. The van der Waals surface area contributed by atoms with E-state index in [9.17, 15) is 4.79 Å². The minimum absolute atomic E-state index is 0.454. The first-order chi connectivity index (χ1) is 11.7. The maximum absolute atomic E-state index is 11.1. The number of aryl methyl sites for hydroxylation is 1. The molecule has 0 unspecified atom stereocenters. The number of hydrogen-bond donors (Lipinski definition) is 0. The van der Waals surface area contributed by atoms with Crippen molar-refractivity contribution in [1.82, 2.24) is 0 Å².